The molecule has 106 valence electrons. The minimum atomic E-state index is -3.14. The second-order valence-corrected chi connectivity index (χ2v) is 6.96. The number of nitrogens with one attached hydrogen (secondary N) is 1. The van der Waals surface area contributed by atoms with Crippen molar-refractivity contribution in [1.82, 2.24) is 4.72 Å². The summed E-state index contributed by atoms with van der Waals surface area (Å²) >= 11 is 0. The summed E-state index contributed by atoms with van der Waals surface area (Å²) in [4.78, 5) is 0. The fourth-order valence-corrected chi connectivity index (χ4v) is 3.75. The Hall–Kier alpha value is -1.07. The van der Waals surface area contributed by atoms with Gasteiger partial charge in [0.05, 0.1) is 12.4 Å². The Bertz CT molecular complexity index is 540. The number of ether oxygens (including phenoxy) is 1. The first-order chi connectivity index (χ1) is 9.00. The minimum Gasteiger partial charge on any atom is -0.493 e. The topological polar surface area (TPSA) is 55.4 Å². The summed E-state index contributed by atoms with van der Waals surface area (Å²) in [6.45, 7) is 4.51. The number of hydrogen-bond acceptors (Lipinski definition) is 3. The van der Waals surface area contributed by atoms with E-state index in [0.29, 0.717) is 12.8 Å². The van der Waals surface area contributed by atoms with Crippen LogP contribution in [0.2, 0.25) is 0 Å². The summed E-state index contributed by atoms with van der Waals surface area (Å²) in [5, 5.41) is 0. The smallest absolute Gasteiger partial charge is 0.211 e. The predicted octanol–water partition coefficient (Wildman–Crippen LogP) is 1.88. The Labute approximate surface area is 115 Å². The summed E-state index contributed by atoms with van der Waals surface area (Å²) in [6.07, 6.45) is 2.29. The Balaban J connectivity index is 1.97. The van der Waals surface area contributed by atoms with E-state index in [1.54, 1.807) is 0 Å². The lowest BCUT2D eigenvalue weighted by Gasteiger charge is -2.14. The van der Waals surface area contributed by atoms with E-state index in [2.05, 4.69) is 10.8 Å². The average Bonchev–Trinajstić information content (AvgIpc) is 2.74. The molecule has 1 unspecified atom stereocenters. The molecule has 0 aromatic heterocycles. The number of sulfonamides is 1. The van der Waals surface area contributed by atoms with Crippen molar-refractivity contribution in [2.45, 2.75) is 39.2 Å². The highest BCUT2D eigenvalue weighted by Gasteiger charge is 2.16. The highest BCUT2D eigenvalue weighted by molar-refractivity contribution is 7.89. The molecule has 0 fully saturated rings. The SMILES string of the molecule is CCCS(=O)(=O)NC(C)Cc1ccc2c(c1)CCO2. The van der Waals surface area contributed by atoms with Gasteiger partial charge in [0.1, 0.15) is 5.75 Å². The van der Waals surface area contributed by atoms with Crippen molar-refractivity contribution in [3.8, 4) is 5.75 Å². The first-order valence-electron chi connectivity index (χ1n) is 6.75. The molecule has 1 aromatic carbocycles. The van der Waals surface area contributed by atoms with Gasteiger partial charge < -0.3 is 4.74 Å². The van der Waals surface area contributed by atoms with Gasteiger partial charge in [-0.15, -0.1) is 0 Å². The minimum absolute atomic E-state index is 0.0862. The van der Waals surface area contributed by atoms with Gasteiger partial charge >= 0.3 is 0 Å². The van der Waals surface area contributed by atoms with Crippen LogP contribution in [-0.2, 0) is 22.9 Å². The number of rotatable bonds is 6. The molecule has 0 saturated heterocycles. The highest BCUT2D eigenvalue weighted by Crippen LogP contribution is 2.26. The van der Waals surface area contributed by atoms with E-state index in [-0.39, 0.29) is 11.8 Å². The number of hydrogen-bond donors (Lipinski definition) is 1. The van der Waals surface area contributed by atoms with Crippen molar-refractivity contribution in [2.75, 3.05) is 12.4 Å². The lowest BCUT2D eigenvalue weighted by atomic mass is 10.0. The van der Waals surface area contributed by atoms with Crippen LogP contribution < -0.4 is 9.46 Å². The Morgan fingerprint density at radius 1 is 1.42 bits per heavy atom. The van der Waals surface area contributed by atoms with Crippen LogP contribution in [0.1, 0.15) is 31.4 Å². The van der Waals surface area contributed by atoms with Crippen molar-refractivity contribution >= 4 is 10.0 Å². The second-order valence-electron chi connectivity index (χ2n) is 5.08. The van der Waals surface area contributed by atoms with Crippen molar-refractivity contribution in [3.05, 3.63) is 29.3 Å². The normalized spacial score (nSPS) is 15.9. The van der Waals surface area contributed by atoms with Gasteiger partial charge in [-0.25, -0.2) is 13.1 Å². The van der Waals surface area contributed by atoms with E-state index in [1.807, 2.05) is 26.0 Å². The maximum Gasteiger partial charge on any atom is 0.211 e. The maximum absolute atomic E-state index is 11.7. The number of benzene rings is 1. The first-order valence-corrected chi connectivity index (χ1v) is 8.40. The summed E-state index contributed by atoms with van der Waals surface area (Å²) in [5.41, 5.74) is 2.37. The quantitative estimate of drug-likeness (QED) is 0.867. The average molecular weight is 283 g/mol. The van der Waals surface area contributed by atoms with Gasteiger partial charge in [-0.05, 0) is 37.0 Å². The molecule has 1 aromatic rings. The van der Waals surface area contributed by atoms with Crippen molar-refractivity contribution < 1.29 is 13.2 Å². The van der Waals surface area contributed by atoms with E-state index in [9.17, 15) is 8.42 Å². The van der Waals surface area contributed by atoms with Crippen LogP contribution in [0.3, 0.4) is 0 Å². The molecule has 0 radical (unpaired) electrons. The molecule has 1 N–H and O–H groups in total. The molecule has 1 atom stereocenters. The molecular weight excluding hydrogens is 262 g/mol. The van der Waals surface area contributed by atoms with E-state index in [1.165, 1.54) is 5.56 Å². The maximum atomic E-state index is 11.7. The van der Waals surface area contributed by atoms with E-state index >= 15 is 0 Å². The van der Waals surface area contributed by atoms with Crippen LogP contribution >= 0.6 is 0 Å². The van der Waals surface area contributed by atoms with Crippen LogP contribution in [0.15, 0.2) is 18.2 Å². The van der Waals surface area contributed by atoms with Crippen molar-refractivity contribution in [3.63, 3.8) is 0 Å². The fourth-order valence-electron chi connectivity index (χ4n) is 2.40. The molecule has 1 heterocycles. The molecular formula is C14H21NO3S. The second kappa shape index (κ2) is 5.92. The molecule has 5 heteroatoms. The summed E-state index contributed by atoms with van der Waals surface area (Å²) in [7, 11) is -3.14. The van der Waals surface area contributed by atoms with Gasteiger partial charge in [0.25, 0.3) is 0 Å². The van der Waals surface area contributed by atoms with Crippen molar-refractivity contribution in [2.24, 2.45) is 0 Å². The lowest BCUT2D eigenvalue weighted by molar-refractivity contribution is 0.357. The van der Waals surface area contributed by atoms with Gasteiger partial charge in [0, 0.05) is 12.5 Å². The summed E-state index contributed by atoms with van der Waals surface area (Å²) < 4.78 is 31.5. The van der Waals surface area contributed by atoms with Crippen molar-refractivity contribution in [1.29, 1.82) is 0 Å². The van der Waals surface area contributed by atoms with Gasteiger partial charge in [0.15, 0.2) is 0 Å². The van der Waals surface area contributed by atoms with Crippen LogP contribution in [0.4, 0.5) is 0 Å². The molecule has 0 amide bonds. The van der Waals surface area contributed by atoms with Crippen LogP contribution in [0.25, 0.3) is 0 Å². The van der Waals surface area contributed by atoms with E-state index in [4.69, 9.17) is 4.74 Å². The summed E-state index contributed by atoms with van der Waals surface area (Å²) in [5.74, 6) is 1.15. The standard InChI is InChI=1S/C14H21NO3S/c1-3-8-19(16,17)15-11(2)9-12-4-5-14-13(10-12)6-7-18-14/h4-5,10-11,15H,3,6-9H2,1-2H3. The molecule has 0 spiro atoms. The third kappa shape index (κ3) is 3.94. The molecule has 19 heavy (non-hydrogen) atoms. The zero-order chi connectivity index (χ0) is 13.9. The van der Waals surface area contributed by atoms with Crippen LogP contribution in [-0.4, -0.2) is 26.8 Å². The zero-order valence-electron chi connectivity index (χ0n) is 11.5. The molecule has 4 nitrogen and oxygen atoms in total. The Kier molecular flexibility index (Phi) is 4.47. The number of fused-ring (bicyclic) bond motifs is 1. The first kappa shape index (κ1) is 14.3. The zero-order valence-corrected chi connectivity index (χ0v) is 12.3. The van der Waals surface area contributed by atoms with Crippen LogP contribution in [0, 0.1) is 0 Å². The third-order valence-corrected chi connectivity index (χ3v) is 4.86. The molecule has 2 rings (SSSR count). The molecule has 0 bridgehead atoms. The molecule has 0 saturated carbocycles. The summed E-state index contributed by atoms with van der Waals surface area (Å²) in [6, 6.07) is 6.02. The van der Waals surface area contributed by atoms with Gasteiger partial charge in [-0.3, -0.25) is 0 Å². The fraction of sp³-hybridized carbons (Fsp3) is 0.571. The third-order valence-electron chi connectivity index (χ3n) is 3.15. The largest absolute Gasteiger partial charge is 0.493 e. The molecule has 1 aliphatic heterocycles. The van der Waals surface area contributed by atoms with Gasteiger partial charge in [-0.1, -0.05) is 19.1 Å². The lowest BCUT2D eigenvalue weighted by Crippen LogP contribution is -2.35. The van der Waals surface area contributed by atoms with E-state index in [0.717, 1.165) is 24.3 Å². The predicted molar refractivity (Wildman–Crippen MR) is 76.0 cm³/mol. The highest BCUT2D eigenvalue weighted by atomic mass is 32.2. The van der Waals surface area contributed by atoms with Crippen LogP contribution in [0.5, 0.6) is 5.75 Å². The molecule has 0 aliphatic carbocycles. The van der Waals surface area contributed by atoms with E-state index < -0.39 is 10.0 Å². The van der Waals surface area contributed by atoms with Gasteiger partial charge in [-0.2, -0.15) is 0 Å². The monoisotopic (exact) mass is 283 g/mol. The van der Waals surface area contributed by atoms with Gasteiger partial charge in [0.2, 0.25) is 10.0 Å². The Morgan fingerprint density at radius 2 is 2.21 bits per heavy atom. The molecule has 1 aliphatic rings. The Morgan fingerprint density at radius 3 is 2.95 bits per heavy atom.